The van der Waals surface area contributed by atoms with E-state index < -0.39 is 10.0 Å². The summed E-state index contributed by atoms with van der Waals surface area (Å²) in [5.41, 5.74) is 1.51. The highest BCUT2D eigenvalue weighted by atomic mass is 32.2. The molecule has 4 nitrogen and oxygen atoms in total. The average Bonchev–Trinajstić information content (AvgIpc) is 2.40. The van der Waals surface area contributed by atoms with Gasteiger partial charge in [-0.2, -0.15) is 0 Å². The van der Waals surface area contributed by atoms with Crippen LogP contribution in [0.4, 0.5) is 11.4 Å². The minimum Gasteiger partial charge on any atom is -0.381 e. The lowest BCUT2D eigenvalue weighted by Gasteiger charge is -2.30. The van der Waals surface area contributed by atoms with E-state index in [9.17, 15) is 8.42 Å². The van der Waals surface area contributed by atoms with Gasteiger partial charge < -0.3 is 5.32 Å². The Morgan fingerprint density at radius 3 is 2.55 bits per heavy atom. The molecule has 0 bridgehead atoms. The molecule has 0 saturated heterocycles. The van der Waals surface area contributed by atoms with Crippen LogP contribution in [0.2, 0.25) is 0 Å². The van der Waals surface area contributed by atoms with Crippen molar-refractivity contribution in [3.8, 4) is 0 Å². The first-order valence-electron chi connectivity index (χ1n) is 7.31. The molecular formula is C15H24N2O2S. The van der Waals surface area contributed by atoms with E-state index in [4.69, 9.17) is 0 Å². The highest BCUT2D eigenvalue weighted by molar-refractivity contribution is 7.92. The number of nitrogens with one attached hydrogen (secondary N) is 2. The summed E-state index contributed by atoms with van der Waals surface area (Å²) < 4.78 is 25.4. The molecule has 1 saturated carbocycles. The molecule has 1 fully saturated rings. The normalized spacial score (nSPS) is 23.3. The summed E-state index contributed by atoms with van der Waals surface area (Å²) in [6.45, 7) is 2.24. The molecule has 2 unspecified atom stereocenters. The van der Waals surface area contributed by atoms with Crippen molar-refractivity contribution in [2.24, 2.45) is 5.92 Å². The van der Waals surface area contributed by atoms with Gasteiger partial charge in [0.25, 0.3) is 0 Å². The Balaban J connectivity index is 2.09. The molecule has 0 heterocycles. The lowest BCUT2D eigenvalue weighted by atomic mass is 9.84. The summed E-state index contributed by atoms with van der Waals surface area (Å²) in [6, 6.07) is 7.94. The predicted octanol–water partition coefficient (Wildman–Crippen LogP) is 3.44. The minimum atomic E-state index is -3.25. The topological polar surface area (TPSA) is 58.2 Å². The third-order valence-electron chi connectivity index (χ3n) is 3.94. The molecule has 1 aromatic rings. The lowest BCUT2D eigenvalue weighted by molar-refractivity contribution is 0.327. The molecule has 1 aliphatic rings. The summed E-state index contributed by atoms with van der Waals surface area (Å²) >= 11 is 0. The van der Waals surface area contributed by atoms with Crippen LogP contribution in [-0.4, -0.2) is 20.7 Å². The first kappa shape index (κ1) is 15.2. The van der Waals surface area contributed by atoms with Gasteiger partial charge in [-0.15, -0.1) is 0 Å². The largest absolute Gasteiger partial charge is 0.381 e. The van der Waals surface area contributed by atoms with E-state index in [2.05, 4.69) is 17.0 Å². The quantitative estimate of drug-likeness (QED) is 0.875. The van der Waals surface area contributed by atoms with Gasteiger partial charge in [0.2, 0.25) is 10.0 Å². The zero-order chi connectivity index (χ0) is 14.6. The molecule has 2 rings (SSSR count). The van der Waals surface area contributed by atoms with Gasteiger partial charge in [-0.25, -0.2) is 8.42 Å². The Hall–Kier alpha value is -1.23. The molecule has 0 radical (unpaired) electrons. The van der Waals surface area contributed by atoms with E-state index in [0.29, 0.717) is 11.7 Å². The van der Waals surface area contributed by atoms with Crippen LogP contribution >= 0.6 is 0 Å². The van der Waals surface area contributed by atoms with Gasteiger partial charge in [0.1, 0.15) is 0 Å². The van der Waals surface area contributed by atoms with Gasteiger partial charge in [-0.05, 0) is 30.9 Å². The van der Waals surface area contributed by atoms with Gasteiger partial charge in [0, 0.05) is 6.04 Å². The summed E-state index contributed by atoms with van der Waals surface area (Å²) in [4.78, 5) is 0. The van der Waals surface area contributed by atoms with Crippen molar-refractivity contribution in [2.75, 3.05) is 16.3 Å². The molecule has 112 valence electrons. The molecule has 1 aliphatic carbocycles. The fraction of sp³-hybridized carbons (Fsp3) is 0.600. The minimum absolute atomic E-state index is 0.441. The molecule has 0 aliphatic heterocycles. The molecule has 0 amide bonds. The summed E-state index contributed by atoms with van der Waals surface area (Å²) in [7, 11) is -3.25. The van der Waals surface area contributed by atoms with Crippen LogP contribution in [-0.2, 0) is 10.0 Å². The number of para-hydroxylation sites is 2. The highest BCUT2D eigenvalue weighted by Gasteiger charge is 2.21. The van der Waals surface area contributed by atoms with Crippen molar-refractivity contribution < 1.29 is 8.42 Å². The number of sulfonamides is 1. The van der Waals surface area contributed by atoms with E-state index >= 15 is 0 Å². The maximum absolute atomic E-state index is 11.4. The van der Waals surface area contributed by atoms with Gasteiger partial charge in [0.15, 0.2) is 0 Å². The van der Waals surface area contributed by atoms with E-state index in [1.807, 2.05) is 18.2 Å². The fourth-order valence-corrected chi connectivity index (χ4v) is 3.49. The Kier molecular flexibility index (Phi) is 4.91. The van der Waals surface area contributed by atoms with Crippen LogP contribution in [0.1, 0.15) is 39.0 Å². The summed E-state index contributed by atoms with van der Waals surface area (Å²) in [6.07, 6.45) is 7.29. The van der Waals surface area contributed by atoms with Crippen LogP contribution in [0.5, 0.6) is 0 Å². The van der Waals surface area contributed by atoms with Crippen LogP contribution in [0.3, 0.4) is 0 Å². The van der Waals surface area contributed by atoms with Crippen molar-refractivity contribution in [2.45, 2.75) is 45.1 Å². The molecule has 0 aromatic heterocycles. The van der Waals surface area contributed by atoms with E-state index in [1.54, 1.807) is 6.07 Å². The van der Waals surface area contributed by atoms with Crippen molar-refractivity contribution in [3.05, 3.63) is 24.3 Å². The molecular weight excluding hydrogens is 272 g/mol. The highest BCUT2D eigenvalue weighted by Crippen LogP contribution is 2.31. The SMILES string of the molecule is CCC1CCCC(Nc2ccccc2NS(C)(=O)=O)C1. The molecule has 0 spiro atoms. The van der Waals surface area contributed by atoms with Crippen molar-refractivity contribution in [1.29, 1.82) is 0 Å². The molecule has 1 aromatic carbocycles. The second-order valence-corrected chi connectivity index (χ2v) is 7.45. The standard InChI is InChI=1S/C15H24N2O2S/c1-3-12-7-6-8-13(11-12)16-14-9-4-5-10-15(14)17-20(2,18)19/h4-5,9-10,12-13,16-17H,3,6-8,11H2,1-2H3. The number of hydrogen-bond donors (Lipinski definition) is 2. The van der Waals surface area contributed by atoms with Gasteiger partial charge in [0.05, 0.1) is 17.6 Å². The molecule has 20 heavy (non-hydrogen) atoms. The van der Waals surface area contributed by atoms with Crippen LogP contribution < -0.4 is 10.0 Å². The smallest absolute Gasteiger partial charge is 0.229 e. The van der Waals surface area contributed by atoms with Gasteiger partial charge >= 0.3 is 0 Å². The summed E-state index contributed by atoms with van der Waals surface area (Å²) in [5, 5.41) is 3.51. The Labute approximate surface area is 122 Å². The van der Waals surface area contributed by atoms with Gasteiger partial charge in [-0.1, -0.05) is 38.3 Å². The number of benzene rings is 1. The summed E-state index contributed by atoms with van der Waals surface area (Å²) in [5.74, 6) is 0.788. The zero-order valence-corrected chi connectivity index (χ0v) is 13.0. The number of hydrogen-bond acceptors (Lipinski definition) is 3. The maximum atomic E-state index is 11.4. The second-order valence-electron chi connectivity index (χ2n) is 5.70. The first-order valence-corrected chi connectivity index (χ1v) is 9.20. The van der Waals surface area contributed by atoms with Crippen LogP contribution in [0.25, 0.3) is 0 Å². The fourth-order valence-electron chi connectivity index (χ4n) is 2.91. The average molecular weight is 296 g/mol. The molecule has 2 atom stereocenters. The lowest BCUT2D eigenvalue weighted by Crippen LogP contribution is -2.27. The number of anilines is 2. The second kappa shape index (κ2) is 6.48. The van der Waals surface area contributed by atoms with Crippen molar-refractivity contribution >= 4 is 21.4 Å². The Morgan fingerprint density at radius 1 is 1.20 bits per heavy atom. The van der Waals surface area contributed by atoms with Gasteiger partial charge in [-0.3, -0.25) is 4.72 Å². The predicted molar refractivity (Wildman–Crippen MR) is 84.6 cm³/mol. The van der Waals surface area contributed by atoms with E-state index in [1.165, 1.54) is 31.9 Å². The monoisotopic (exact) mass is 296 g/mol. The first-order chi connectivity index (χ1) is 9.48. The van der Waals surface area contributed by atoms with E-state index in [0.717, 1.165) is 18.0 Å². The van der Waals surface area contributed by atoms with Crippen molar-refractivity contribution in [1.82, 2.24) is 0 Å². The molecule has 2 N–H and O–H groups in total. The third kappa shape index (κ3) is 4.40. The van der Waals surface area contributed by atoms with E-state index in [-0.39, 0.29) is 0 Å². The van der Waals surface area contributed by atoms with Crippen LogP contribution in [0, 0.1) is 5.92 Å². The Bertz CT molecular complexity index is 543. The number of rotatable bonds is 5. The van der Waals surface area contributed by atoms with Crippen molar-refractivity contribution in [3.63, 3.8) is 0 Å². The third-order valence-corrected chi connectivity index (χ3v) is 4.53. The Morgan fingerprint density at radius 2 is 1.90 bits per heavy atom. The van der Waals surface area contributed by atoms with Crippen LogP contribution in [0.15, 0.2) is 24.3 Å². The molecule has 5 heteroatoms. The zero-order valence-electron chi connectivity index (χ0n) is 12.2. The maximum Gasteiger partial charge on any atom is 0.229 e.